The molecule has 2 saturated carbocycles. The molecule has 0 spiro atoms. The first kappa shape index (κ1) is 22.2. The van der Waals surface area contributed by atoms with Crippen LogP contribution < -0.4 is 4.72 Å². The second-order valence-electron chi connectivity index (χ2n) is 9.49. The predicted octanol–water partition coefficient (Wildman–Crippen LogP) is 3.03. The molecule has 1 aromatic carbocycles. The van der Waals surface area contributed by atoms with Gasteiger partial charge in [-0.3, -0.25) is 9.69 Å². The van der Waals surface area contributed by atoms with Gasteiger partial charge in [-0.15, -0.1) is 0 Å². The van der Waals surface area contributed by atoms with Gasteiger partial charge in [0.15, 0.2) is 0 Å². The van der Waals surface area contributed by atoms with Crippen LogP contribution in [0.4, 0.5) is 0 Å². The molecule has 30 heavy (non-hydrogen) atoms. The highest BCUT2D eigenvalue weighted by molar-refractivity contribution is 7.89. The zero-order chi connectivity index (χ0) is 21.6. The lowest BCUT2D eigenvalue weighted by Gasteiger charge is -2.37. The highest BCUT2D eigenvalue weighted by Crippen LogP contribution is 2.64. The molecule has 1 saturated heterocycles. The van der Waals surface area contributed by atoms with E-state index in [-0.39, 0.29) is 29.5 Å². The Morgan fingerprint density at radius 1 is 1.30 bits per heavy atom. The predicted molar refractivity (Wildman–Crippen MR) is 117 cm³/mol. The van der Waals surface area contributed by atoms with Crippen LogP contribution in [0, 0.1) is 16.7 Å². The number of ketones is 1. The van der Waals surface area contributed by atoms with Crippen LogP contribution in [0.25, 0.3) is 0 Å². The Kier molecular flexibility index (Phi) is 6.05. The van der Waals surface area contributed by atoms with Gasteiger partial charge in [0.05, 0.1) is 19.0 Å². The molecule has 166 valence electrons. The number of hydrogen-bond acceptors (Lipinski definition) is 5. The van der Waals surface area contributed by atoms with Crippen LogP contribution in [0.5, 0.6) is 0 Å². The maximum absolute atomic E-state index is 13.2. The third-order valence-corrected chi connectivity index (χ3v) is 9.51. The molecule has 0 radical (unpaired) electrons. The molecular formula is C22H31ClN2O4S. The summed E-state index contributed by atoms with van der Waals surface area (Å²) in [5.74, 6) is 0.301. The summed E-state index contributed by atoms with van der Waals surface area (Å²) in [5.41, 5.74) is -0.0490. The molecule has 6 nitrogen and oxygen atoms in total. The number of benzene rings is 1. The Bertz CT molecular complexity index is 913. The summed E-state index contributed by atoms with van der Waals surface area (Å²) in [7, 11) is -3.63. The number of carbonyl (C=O) groups is 1. The summed E-state index contributed by atoms with van der Waals surface area (Å²) < 4.78 is 34.6. The SMILES string of the molecule is CC1(C)C2CCC1(CS(=O)(=O)NCC(c1cccc(Cl)c1)N1CCOCC1)C(=O)C2. The van der Waals surface area contributed by atoms with Crippen LogP contribution >= 0.6 is 11.6 Å². The molecule has 3 atom stereocenters. The Labute approximate surface area is 184 Å². The number of sulfonamides is 1. The number of Topliss-reactive ketones (excluding diaryl/α,β-unsaturated/α-hetero) is 1. The van der Waals surface area contributed by atoms with Gasteiger partial charge in [-0.25, -0.2) is 13.1 Å². The second kappa shape index (κ2) is 8.17. The summed E-state index contributed by atoms with van der Waals surface area (Å²) in [5, 5.41) is 0.628. The van der Waals surface area contributed by atoms with Gasteiger partial charge < -0.3 is 4.74 Å². The quantitative estimate of drug-likeness (QED) is 0.685. The van der Waals surface area contributed by atoms with E-state index in [0.717, 1.165) is 25.1 Å². The van der Waals surface area contributed by atoms with E-state index in [4.69, 9.17) is 16.3 Å². The van der Waals surface area contributed by atoms with Crippen molar-refractivity contribution in [1.29, 1.82) is 0 Å². The van der Waals surface area contributed by atoms with Gasteiger partial charge in [-0.2, -0.15) is 0 Å². The molecule has 0 amide bonds. The zero-order valence-electron chi connectivity index (χ0n) is 17.7. The van der Waals surface area contributed by atoms with Crippen LogP contribution in [0.2, 0.25) is 5.02 Å². The largest absolute Gasteiger partial charge is 0.379 e. The zero-order valence-corrected chi connectivity index (χ0v) is 19.3. The molecular weight excluding hydrogens is 424 g/mol. The van der Waals surface area contributed by atoms with E-state index in [0.29, 0.717) is 37.0 Å². The number of rotatable bonds is 7. The van der Waals surface area contributed by atoms with Gasteiger partial charge in [0, 0.05) is 42.5 Å². The minimum absolute atomic E-state index is 0.117. The number of morpholine rings is 1. The Hall–Kier alpha value is -0.990. The van der Waals surface area contributed by atoms with Crippen LogP contribution in [0.3, 0.4) is 0 Å². The van der Waals surface area contributed by atoms with E-state index >= 15 is 0 Å². The van der Waals surface area contributed by atoms with Crippen molar-refractivity contribution in [1.82, 2.24) is 9.62 Å². The maximum atomic E-state index is 13.2. The molecule has 1 N–H and O–H groups in total. The third kappa shape index (κ3) is 3.95. The first-order valence-electron chi connectivity index (χ1n) is 10.7. The molecule has 2 bridgehead atoms. The molecule has 1 aliphatic heterocycles. The fourth-order valence-corrected chi connectivity index (χ4v) is 7.79. The second-order valence-corrected chi connectivity index (χ2v) is 11.7. The molecule has 4 rings (SSSR count). The molecule has 3 unspecified atom stereocenters. The third-order valence-electron chi connectivity index (χ3n) is 7.79. The molecule has 1 aromatic rings. The van der Waals surface area contributed by atoms with Crippen molar-refractivity contribution in [2.24, 2.45) is 16.7 Å². The summed E-state index contributed by atoms with van der Waals surface area (Å²) in [6, 6.07) is 7.43. The highest BCUT2D eigenvalue weighted by atomic mass is 35.5. The highest BCUT2D eigenvalue weighted by Gasteiger charge is 2.65. The van der Waals surface area contributed by atoms with Crippen molar-refractivity contribution in [2.75, 3.05) is 38.6 Å². The number of hydrogen-bond donors (Lipinski definition) is 1. The van der Waals surface area contributed by atoms with E-state index in [1.807, 2.05) is 24.3 Å². The molecule has 1 heterocycles. The number of halogens is 1. The van der Waals surface area contributed by atoms with E-state index in [1.54, 1.807) is 0 Å². The monoisotopic (exact) mass is 454 g/mol. The number of nitrogens with zero attached hydrogens (tertiary/aromatic N) is 1. The van der Waals surface area contributed by atoms with Crippen molar-refractivity contribution < 1.29 is 17.9 Å². The molecule has 3 aliphatic rings. The Morgan fingerprint density at radius 2 is 2.03 bits per heavy atom. The summed E-state index contributed by atoms with van der Waals surface area (Å²) in [4.78, 5) is 15.0. The first-order chi connectivity index (χ1) is 14.1. The van der Waals surface area contributed by atoms with E-state index in [1.165, 1.54) is 0 Å². The van der Waals surface area contributed by atoms with Crippen molar-refractivity contribution in [2.45, 2.75) is 39.2 Å². The minimum Gasteiger partial charge on any atom is -0.379 e. The topological polar surface area (TPSA) is 75.7 Å². The van der Waals surface area contributed by atoms with Crippen LogP contribution in [-0.2, 0) is 19.6 Å². The fourth-order valence-electron chi connectivity index (χ4n) is 5.75. The van der Waals surface area contributed by atoms with E-state index in [2.05, 4.69) is 23.5 Å². The van der Waals surface area contributed by atoms with Gasteiger partial charge in [0.2, 0.25) is 10.0 Å². The van der Waals surface area contributed by atoms with E-state index < -0.39 is 15.4 Å². The first-order valence-corrected chi connectivity index (χ1v) is 12.8. The van der Waals surface area contributed by atoms with Crippen molar-refractivity contribution in [3.05, 3.63) is 34.9 Å². The summed E-state index contributed by atoms with van der Waals surface area (Å²) in [6.45, 7) is 7.08. The molecule has 0 aromatic heterocycles. The molecule has 2 aliphatic carbocycles. The fraction of sp³-hybridized carbons (Fsp3) is 0.682. The Balaban J connectivity index is 1.52. The normalized spacial score (nSPS) is 30.0. The molecule has 8 heteroatoms. The standard InChI is InChI=1S/C22H31ClN2O4S/c1-21(2)17-6-7-22(21,20(26)13-17)15-30(27,28)24-14-19(25-8-10-29-11-9-25)16-4-3-5-18(23)12-16/h3-5,12,17,19,24H,6-11,13-15H2,1-2H3. The summed E-state index contributed by atoms with van der Waals surface area (Å²) >= 11 is 6.20. The van der Waals surface area contributed by atoms with Crippen LogP contribution in [0.15, 0.2) is 24.3 Å². The van der Waals surface area contributed by atoms with Gasteiger partial charge >= 0.3 is 0 Å². The lowest BCUT2D eigenvalue weighted by molar-refractivity contribution is -0.128. The maximum Gasteiger partial charge on any atom is 0.212 e. The number of ether oxygens (including phenoxy) is 1. The lowest BCUT2D eigenvalue weighted by atomic mass is 9.70. The smallest absolute Gasteiger partial charge is 0.212 e. The Morgan fingerprint density at radius 3 is 2.63 bits per heavy atom. The minimum atomic E-state index is -3.63. The number of fused-ring (bicyclic) bond motifs is 2. The van der Waals surface area contributed by atoms with Gasteiger partial charge in [0.1, 0.15) is 5.78 Å². The van der Waals surface area contributed by atoms with Gasteiger partial charge in [-0.05, 0) is 41.9 Å². The lowest BCUT2D eigenvalue weighted by Crippen LogP contribution is -2.48. The van der Waals surface area contributed by atoms with Crippen molar-refractivity contribution in [3.63, 3.8) is 0 Å². The average Bonchev–Trinajstić information content (AvgIpc) is 3.03. The van der Waals surface area contributed by atoms with Crippen molar-refractivity contribution >= 4 is 27.4 Å². The summed E-state index contributed by atoms with van der Waals surface area (Å²) in [6.07, 6.45) is 2.13. The van der Waals surface area contributed by atoms with Gasteiger partial charge in [0.25, 0.3) is 0 Å². The number of carbonyl (C=O) groups excluding carboxylic acids is 1. The van der Waals surface area contributed by atoms with E-state index in [9.17, 15) is 13.2 Å². The molecule has 3 fully saturated rings. The van der Waals surface area contributed by atoms with Crippen LogP contribution in [0.1, 0.15) is 44.7 Å². The van der Waals surface area contributed by atoms with Crippen molar-refractivity contribution in [3.8, 4) is 0 Å². The van der Waals surface area contributed by atoms with Gasteiger partial charge in [-0.1, -0.05) is 37.6 Å². The number of nitrogens with one attached hydrogen (secondary N) is 1. The van der Waals surface area contributed by atoms with Crippen LogP contribution in [-0.4, -0.2) is 57.7 Å². The average molecular weight is 455 g/mol.